The molecule has 5 atom stereocenters. The maximum absolute atomic E-state index is 13.9. The van der Waals surface area contributed by atoms with E-state index in [0.717, 1.165) is 43.0 Å². The van der Waals surface area contributed by atoms with Gasteiger partial charge in [0.25, 0.3) is 0 Å². The lowest BCUT2D eigenvalue weighted by molar-refractivity contribution is -0.148. The van der Waals surface area contributed by atoms with Gasteiger partial charge in [0.05, 0.1) is 12.5 Å². The van der Waals surface area contributed by atoms with Crippen LogP contribution in [0.4, 0.5) is 4.79 Å². The minimum atomic E-state index is -1.45. The summed E-state index contributed by atoms with van der Waals surface area (Å²) >= 11 is 0.944. The molecule has 0 aliphatic heterocycles. The summed E-state index contributed by atoms with van der Waals surface area (Å²) in [6.45, 7) is 11.9. The van der Waals surface area contributed by atoms with Crippen LogP contribution in [0.2, 0.25) is 0 Å². The van der Waals surface area contributed by atoms with E-state index in [1.807, 2.05) is 37.3 Å². The van der Waals surface area contributed by atoms with E-state index in [9.17, 15) is 33.9 Å². The predicted octanol–water partition coefficient (Wildman–Crippen LogP) is 8.91. The minimum absolute atomic E-state index is 0.101. The third-order valence-corrected chi connectivity index (χ3v) is 11.5. The maximum Gasteiger partial charge on any atom is 0.408 e. The van der Waals surface area contributed by atoms with E-state index in [2.05, 4.69) is 22.9 Å². The van der Waals surface area contributed by atoms with Crippen molar-refractivity contribution in [2.75, 3.05) is 5.75 Å². The average Bonchev–Trinajstić information content (AvgIpc) is 3.23. The van der Waals surface area contributed by atoms with Crippen LogP contribution in [0.25, 0.3) is 0 Å². The van der Waals surface area contributed by atoms with E-state index >= 15 is 0 Å². The van der Waals surface area contributed by atoms with Crippen LogP contribution in [0.1, 0.15) is 156 Å². The summed E-state index contributed by atoms with van der Waals surface area (Å²) in [6.07, 6.45) is 14.1. The lowest BCUT2D eigenvalue weighted by Crippen LogP contribution is -2.60. The quantitative estimate of drug-likeness (QED) is 0.0333. The molecule has 0 fully saturated rings. The smallest absolute Gasteiger partial charge is 0.408 e. The summed E-state index contributed by atoms with van der Waals surface area (Å²) < 4.78 is 16.4. The molecule has 14 heteroatoms. The molecule has 3 amide bonds. The first-order valence-electron chi connectivity index (χ1n) is 23.0. The lowest BCUT2D eigenvalue weighted by Gasteiger charge is -2.29. The number of hydrogen-bond acceptors (Lipinski definition) is 11. The third kappa shape index (κ3) is 24.3. The normalized spacial score (nSPS) is 13.7. The monoisotopic (exact) mass is 898 g/mol. The van der Waals surface area contributed by atoms with Crippen molar-refractivity contribution in [3.63, 3.8) is 0 Å². The van der Waals surface area contributed by atoms with E-state index in [1.54, 1.807) is 52.0 Å². The van der Waals surface area contributed by atoms with Gasteiger partial charge in [0.2, 0.25) is 11.8 Å². The molecule has 0 aromatic heterocycles. The van der Waals surface area contributed by atoms with Crippen LogP contribution in [-0.4, -0.2) is 75.7 Å². The van der Waals surface area contributed by atoms with Crippen LogP contribution >= 0.6 is 11.8 Å². The zero-order valence-electron chi connectivity index (χ0n) is 38.8. The summed E-state index contributed by atoms with van der Waals surface area (Å²) in [6, 6.07) is 11.8. The number of unbranched alkanes of at least 4 members (excludes halogenated alkanes) is 12. The average molecular weight is 898 g/mol. The lowest BCUT2D eigenvalue weighted by atomic mass is 9.97. The fourth-order valence-corrected chi connectivity index (χ4v) is 7.45. The van der Waals surface area contributed by atoms with Crippen molar-refractivity contribution in [1.29, 1.82) is 0 Å². The molecular formula is C49H75N3O10S. The van der Waals surface area contributed by atoms with E-state index in [0.29, 0.717) is 24.2 Å². The first-order valence-corrected chi connectivity index (χ1v) is 24.0. The number of alkyl carbamates (subject to hydrolysis) is 1. The number of benzene rings is 2. The summed E-state index contributed by atoms with van der Waals surface area (Å²) in [7, 11) is 0. The van der Waals surface area contributed by atoms with Gasteiger partial charge >= 0.3 is 18.0 Å². The molecule has 0 aliphatic rings. The van der Waals surface area contributed by atoms with E-state index in [-0.39, 0.29) is 23.9 Å². The Morgan fingerprint density at radius 1 is 0.683 bits per heavy atom. The fourth-order valence-electron chi connectivity index (χ4n) is 6.59. The van der Waals surface area contributed by atoms with Crippen LogP contribution in [0.15, 0.2) is 54.6 Å². The summed E-state index contributed by atoms with van der Waals surface area (Å²) in [5.74, 6) is -2.95. The number of aliphatic hydroxyl groups is 1. The minimum Gasteiger partial charge on any atom is -0.459 e. The van der Waals surface area contributed by atoms with Crippen molar-refractivity contribution >= 4 is 46.7 Å². The number of carbonyl (C=O) groups excluding carboxylic acids is 6. The zero-order chi connectivity index (χ0) is 46.6. The summed E-state index contributed by atoms with van der Waals surface area (Å²) in [5.41, 5.74) is 0.553. The molecular weight excluding hydrogens is 823 g/mol. The van der Waals surface area contributed by atoms with Crippen molar-refractivity contribution < 1.29 is 48.1 Å². The fraction of sp³-hybridized carbons (Fsp3) is 0.633. The topological polar surface area (TPSA) is 186 Å². The first-order chi connectivity index (χ1) is 30.0. The molecule has 0 saturated heterocycles. The van der Waals surface area contributed by atoms with Gasteiger partial charge < -0.3 is 35.3 Å². The largest absolute Gasteiger partial charge is 0.459 e. The number of rotatable bonds is 30. The number of nitrogens with one attached hydrogen (secondary N) is 3. The molecule has 63 heavy (non-hydrogen) atoms. The van der Waals surface area contributed by atoms with Gasteiger partial charge in [0.15, 0.2) is 5.12 Å². The maximum atomic E-state index is 13.9. The predicted molar refractivity (Wildman–Crippen MR) is 248 cm³/mol. The number of carbonyl (C=O) groups is 6. The molecule has 2 aromatic carbocycles. The van der Waals surface area contributed by atoms with Crippen molar-refractivity contribution in [3.05, 3.63) is 65.7 Å². The standard InChI is InChI=1S/C49H75N3O10S/c1-8-10-11-12-13-14-15-16-17-18-19-20-24-27-42(55)63-34-40(47(58)60-33-38-28-30-39(31-29-38)61-41(54)32-37-25-22-21-23-26-37)50-45(56)43(35(3)9-2)51-46(57)44(36(4)53)52-48(59)62-49(5,6)7/h21-23,25-26,28-31,35-36,40,43-44,53H,8-20,24,27,32-34H2,1-7H3,(H,50,56)(H,51,57)(H,52,59)/t35-,36+,40-,43-,44-/m0/s1. The Hall–Kier alpha value is -4.43. The van der Waals surface area contributed by atoms with Crippen molar-refractivity contribution in [2.45, 2.75) is 188 Å². The molecule has 0 unspecified atom stereocenters. The molecule has 0 bridgehead atoms. The number of aliphatic hydroxyl groups excluding tert-OH is 1. The van der Waals surface area contributed by atoms with Gasteiger partial charge in [0.1, 0.15) is 36.1 Å². The molecule has 0 heterocycles. The molecule has 4 N–H and O–H groups in total. The van der Waals surface area contributed by atoms with Crippen molar-refractivity contribution in [2.24, 2.45) is 5.92 Å². The molecule has 0 aliphatic carbocycles. The zero-order valence-corrected chi connectivity index (χ0v) is 39.7. The van der Waals surface area contributed by atoms with Gasteiger partial charge in [-0.3, -0.25) is 19.2 Å². The number of esters is 2. The highest BCUT2D eigenvalue weighted by molar-refractivity contribution is 8.13. The van der Waals surface area contributed by atoms with Crippen LogP contribution in [-0.2, 0) is 46.5 Å². The Morgan fingerprint density at radius 2 is 1.24 bits per heavy atom. The highest BCUT2D eigenvalue weighted by Gasteiger charge is 2.35. The van der Waals surface area contributed by atoms with Crippen LogP contribution < -0.4 is 20.7 Å². The summed E-state index contributed by atoms with van der Waals surface area (Å²) in [4.78, 5) is 79.0. The number of hydrogen-bond donors (Lipinski definition) is 4. The molecule has 352 valence electrons. The highest BCUT2D eigenvalue weighted by Crippen LogP contribution is 2.19. The van der Waals surface area contributed by atoms with Crippen LogP contribution in [0.5, 0.6) is 5.75 Å². The van der Waals surface area contributed by atoms with E-state index in [1.165, 1.54) is 64.7 Å². The Morgan fingerprint density at radius 3 is 1.78 bits per heavy atom. The number of amides is 3. The van der Waals surface area contributed by atoms with E-state index in [4.69, 9.17) is 14.2 Å². The van der Waals surface area contributed by atoms with Gasteiger partial charge in [-0.25, -0.2) is 9.59 Å². The SMILES string of the molecule is CCCCCCCCCCCCCCCC(=O)SC[C@H](NC(=O)[C@@H](NC(=O)[C@@H](NC(=O)OC(C)(C)C)[C@@H](C)O)[C@@H](C)CC)C(=O)OCc1ccc(OC(=O)Cc2ccccc2)cc1. The van der Waals surface area contributed by atoms with Gasteiger partial charge in [-0.15, -0.1) is 0 Å². The Bertz CT molecular complexity index is 1670. The van der Waals surface area contributed by atoms with Crippen LogP contribution in [0.3, 0.4) is 0 Å². The molecule has 0 spiro atoms. The third-order valence-electron chi connectivity index (χ3n) is 10.5. The first kappa shape index (κ1) is 54.7. The molecule has 0 radical (unpaired) electrons. The second-order valence-electron chi connectivity index (χ2n) is 17.4. The second kappa shape index (κ2) is 30.6. The molecule has 2 aromatic rings. The van der Waals surface area contributed by atoms with Gasteiger partial charge in [-0.1, -0.05) is 158 Å². The molecule has 13 nitrogen and oxygen atoms in total. The Balaban J connectivity index is 2.06. The Kier molecular flexibility index (Phi) is 26.6. The number of thioether (sulfide) groups is 1. The van der Waals surface area contributed by atoms with Crippen molar-refractivity contribution in [1.82, 2.24) is 16.0 Å². The summed E-state index contributed by atoms with van der Waals surface area (Å²) in [5, 5.41) is 18.0. The van der Waals surface area contributed by atoms with Gasteiger partial charge in [0, 0.05) is 12.2 Å². The van der Waals surface area contributed by atoms with Gasteiger partial charge in [-0.2, -0.15) is 0 Å². The van der Waals surface area contributed by atoms with E-state index < -0.39 is 65.6 Å². The second-order valence-corrected chi connectivity index (χ2v) is 18.4. The highest BCUT2D eigenvalue weighted by atomic mass is 32.2. The van der Waals surface area contributed by atoms with Crippen LogP contribution in [0, 0.1) is 5.92 Å². The number of ether oxygens (including phenoxy) is 3. The van der Waals surface area contributed by atoms with Gasteiger partial charge in [-0.05, 0) is 63.3 Å². The Labute approximate surface area is 380 Å². The molecule has 0 saturated carbocycles. The molecule has 2 rings (SSSR count). The van der Waals surface area contributed by atoms with Crippen molar-refractivity contribution in [3.8, 4) is 5.75 Å².